The minimum absolute atomic E-state index is 0.0746. The van der Waals surface area contributed by atoms with Crippen molar-refractivity contribution in [3.8, 4) is 0 Å². The summed E-state index contributed by atoms with van der Waals surface area (Å²) in [7, 11) is -3.71. The molecule has 0 spiro atoms. The molecule has 2 aliphatic rings. The Morgan fingerprint density at radius 2 is 1.58 bits per heavy atom. The fraction of sp³-hybridized carbons (Fsp3) is 0.500. The fourth-order valence-corrected chi connectivity index (χ4v) is 5.76. The number of nitrogens with zero attached hydrogens (tertiary/aromatic N) is 3. The molecule has 8 nitrogen and oxygen atoms in total. The van der Waals surface area contributed by atoms with Crippen molar-refractivity contribution < 1.29 is 22.7 Å². The van der Waals surface area contributed by atoms with E-state index in [0.717, 1.165) is 45.2 Å². The van der Waals surface area contributed by atoms with Crippen molar-refractivity contribution in [2.75, 3.05) is 50.8 Å². The summed E-state index contributed by atoms with van der Waals surface area (Å²) in [6, 6.07) is 4.65. The second-order valence-corrected chi connectivity index (χ2v) is 10.2. The predicted molar refractivity (Wildman–Crippen MR) is 128 cm³/mol. The topological polar surface area (TPSA) is 87.2 Å². The molecule has 0 N–H and O–H groups in total. The van der Waals surface area contributed by atoms with Gasteiger partial charge in [-0.3, -0.25) is 4.79 Å². The Morgan fingerprint density at radius 1 is 0.970 bits per heavy atom. The van der Waals surface area contributed by atoms with E-state index in [9.17, 15) is 18.0 Å². The van der Waals surface area contributed by atoms with Crippen molar-refractivity contribution in [1.82, 2.24) is 9.21 Å². The van der Waals surface area contributed by atoms with Crippen LogP contribution in [0.15, 0.2) is 48.4 Å². The maximum atomic E-state index is 13.2. The van der Waals surface area contributed by atoms with Crippen LogP contribution in [0.3, 0.4) is 0 Å². The third-order valence-electron chi connectivity index (χ3n) is 5.97. The Bertz CT molecular complexity index is 970. The zero-order valence-corrected chi connectivity index (χ0v) is 19.9. The molecule has 2 heterocycles. The van der Waals surface area contributed by atoms with E-state index in [2.05, 4.69) is 18.1 Å². The van der Waals surface area contributed by atoms with E-state index in [-0.39, 0.29) is 16.4 Å². The molecule has 0 aliphatic carbocycles. The van der Waals surface area contributed by atoms with Crippen LogP contribution >= 0.6 is 0 Å². The summed E-state index contributed by atoms with van der Waals surface area (Å²) in [5.41, 5.74) is 0.804. The summed E-state index contributed by atoms with van der Waals surface area (Å²) in [5, 5.41) is 0. The van der Waals surface area contributed by atoms with Crippen molar-refractivity contribution >= 4 is 27.6 Å². The maximum Gasteiger partial charge on any atom is 0.340 e. The second-order valence-electron chi connectivity index (χ2n) is 8.29. The SMILES string of the molecule is C=CCN(CC=C)C(=O)COC(=O)c1cc(S(=O)(=O)N2CCCCC2)ccc1N1CCCC1. The van der Waals surface area contributed by atoms with Crippen molar-refractivity contribution in [2.45, 2.75) is 37.0 Å². The number of amides is 1. The highest BCUT2D eigenvalue weighted by Crippen LogP contribution is 2.30. The normalized spacial score (nSPS) is 16.9. The average Bonchev–Trinajstić information content (AvgIpc) is 3.37. The summed E-state index contributed by atoms with van der Waals surface area (Å²) in [5.74, 6) is -1.08. The van der Waals surface area contributed by atoms with Gasteiger partial charge < -0.3 is 14.5 Å². The van der Waals surface area contributed by atoms with E-state index < -0.39 is 22.6 Å². The van der Waals surface area contributed by atoms with Crippen molar-refractivity contribution in [2.24, 2.45) is 0 Å². The molecule has 0 aromatic heterocycles. The van der Waals surface area contributed by atoms with Crippen LogP contribution in [0.5, 0.6) is 0 Å². The van der Waals surface area contributed by atoms with Gasteiger partial charge in [-0.05, 0) is 43.9 Å². The monoisotopic (exact) mass is 475 g/mol. The van der Waals surface area contributed by atoms with E-state index in [1.807, 2.05) is 0 Å². The molecule has 0 saturated carbocycles. The zero-order chi connectivity index (χ0) is 23.8. The number of piperidine rings is 1. The van der Waals surface area contributed by atoms with Gasteiger partial charge in [0.05, 0.1) is 16.1 Å². The van der Waals surface area contributed by atoms with Crippen LogP contribution in [0, 0.1) is 0 Å². The molecule has 0 atom stereocenters. The summed E-state index contributed by atoms with van der Waals surface area (Å²) in [6.07, 6.45) is 7.84. The molecule has 0 radical (unpaired) electrons. The van der Waals surface area contributed by atoms with Crippen LogP contribution in [0.1, 0.15) is 42.5 Å². The minimum atomic E-state index is -3.71. The van der Waals surface area contributed by atoms with Gasteiger partial charge in [-0.1, -0.05) is 18.6 Å². The Morgan fingerprint density at radius 3 is 2.18 bits per heavy atom. The van der Waals surface area contributed by atoms with Crippen LogP contribution in [-0.2, 0) is 19.6 Å². The van der Waals surface area contributed by atoms with Crippen LogP contribution in [0.4, 0.5) is 5.69 Å². The first-order chi connectivity index (χ1) is 15.9. The smallest absolute Gasteiger partial charge is 0.340 e. The molecule has 1 aromatic carbocycles. The van der Waals surface area contributed by atoms with E-state index in [0.29, 0.717) is 31.9 Å². The summed E-state index contributed by atoms with van der Waals surface area (Å²) < 4.78 is 33.2. The number of carbonyl (C=O) groups excluding carboxylic acids is 2. The minimum Gasteiger partial charge on any atom is -0.452 e. The maximum absolute atomic E-state index is 13.2. The quantitative estimate of drug-likeness (QED) is 0.382. The number of hydrogen-bond acceptors (Lipinski definition) is 6. The van der Waals surface area contributed by atoms with Crippen molar-refractivity contribution in [3.05, 3.63) is 49.1 Å². The number of sulfonamides is 1. The zero-order valence-electron chi connectivity index (χ0n) is 19.1. The standard InChI is InChI=1S/C24H33N3O5S/c1-3-12-26(13-4-2)23(28)19-32-24(29)21-18-20(10-11-22(21)25-14-8-9-15-25)33(30,31)27-16-6-5-7-17-27/h3-4,10-11,18H,1-2,5-9,12-17,19H2. The molecular weight excluding hydrogens is 442 g/mol. The van der Waals surface area contributed by atoms with Gasteiger partial charge in [0, 0.05) is 39.3 Å². The lowest BCUT2D eigenvalue weighted by Gasteiger charge is -2.27. The van der Waals surface area contributed by atoms with Gasteiger partial charge >= 0.3 is 5.97 Å². The Hall–Kier alpha value is -2.65. The predicted octanol–water partition coefficient (Wildman–Crippen LogP) is 2.82. The molecule has 2 saturated heterocycles. The fourth-order valence-electron chi connectivity index (χ4n) is 4.21. The molecule has 2 aliphatic heterocycles. The Labute approximate surface area is 196 Å². The van der Waals surface area contributed by atoms with E-state index in [4.69, 9.17) is 4.74 Å². The molecule has 1 aromatic rings. The highest BCUT2D eigenvalue weighted by Gasteiger charge is 2.29. The number of esters is 1. The van der Waals surface area contributed by atoms with Crippen molar-refractivity contribution in [3.63, 3.8) is 0 Å². The lowest BCUT2D eigenvalue weighted by molar-refractivity contribution is -0.133. The highest BCUT2D eigenvalue weighted by molar-refractivity contribution is 7.89. The number of benzene rings is 1. The van der Waals surface area contributed by atoms with E-state index >= 15 is 0 Å². The van der Waals surface area contributed by atoms with Gasteiger partial charge in [-0.15, -0.1) is 13.2 Å². The first-order valence-corrected chi connectivity index (χ1v) is 12.9. The average molecular weight is 476 g/mol. The van der Waals surface area contributed by atoms with Crippen LogP contribution in [0.25, 0.3) is 0 Å². The number of carbonyl (C=O) groups is 2. The molecule has 180 valence electrons. The third-order valence-corrected chi connectivity index (χ3v) is 7.86. The molecule has 33 heavy (non-hydrogen) atoms. The highest BCUT2D eigenvalue weighted by atomic mass is 32.2. The van der Waals surface area contributed by atoms with Gasteiger partial charge in [0.1, 0.15) is 0 Å². The molecule has 0 unspecified atom stereocenters. The first kappa shape index (κ1) is 25.0. The number of anilines is 1. The van der Waals surface area contributed by atoms with Gasteiger partial charge in [-0.2, -0.15) is 4.31 Å². The van der Waals surface area contributed by atoms with Crippen LogP contribution in [0.2, 0.25) is 0 Å². The molecule has 0 bridgehead atoms. The van der Waals surface area contributed by atoms with E-state index in [1.54, 1.807) is 24.3 Å². The summed E-state index contributed by atoms with van der Waals surface area (Å²) >= 11 is 0. The van der Waals surface area contributed by atoms with E-state index in [1.165, 1.54) is 15.3 Å². The number of ether oxygens (including phenoxy) is 1. The largest absolute Gasteiger partial charge is 0.452 e. The summed E-state index contributed by atoms with van der Waals surface area (Å²) in [6.45, 7) is 9.97. The molecule has 1 amide bonds. The van der Waals surface area contributed by atoms with Crippen LogP contribution in [-0.4, -0.2) is 75.4 Å². The lowest BCUT2D eigenvalue weighted by Crippen LogP contribution is -2.36. The van der Waals surface area contributed by atoms with Gasteiger partial charge in [-0.25, -0.2) is 13.2 Å². The summed E-state index contributed by atoms with van der Waals surface area (Å²) in [4.78, 5) is 29.1. The third kappa shape index (κ3) is 6.03. The van der Waals surface area contributed by atoms with Crippen molar-refractivity contribution in [1.29, 1.82) is 0 Å². The van der Waals surface area contributed by atoms with Gasteiger partial charge in [0.15, 0.2) is 6.61 Å². The molecule has 3 rings (SSSR count). The second kappa shape index (κ2) is 11.5. The Balaban J connectivity index is 1.85. The molecule has 9 heteroatoms. The lowest BCUT2D eigenvalue weighted by atomic mass is 10.1. The molecular formula is C24H33N3O5S. The number of rotatable bonds is 10. The van der Waals surface area contributed by atoms with Crippen LogP contribution < -0.4 is 4.90 Å². The Kier molecular flexibility index (Phi) is 8.68. The first-order valence-electron chi connectivity index (χ1n) is 11.4. The number of hydrogen-bond donors (Lipinski definition) is 0. The van der Waals surface area contributed by atoms with Gasteiger partial charge in [0.2, 0.25) is 10.0 Å². The van der Waals surface area contributed by atoms with Gasteiger partial charge in [0.25, 0.3) is 5.91 Å². The molecule has 2 fully saturated rings.